The van der Waals surface area contributed by atoms with Crippen LogP contribution in [0.4, 0.5) is 0 Å². The number of para-hydroxylation sites is 1. The molecule has 0 aliphatic heterocycles. The highest BCUT2D eigenvalue weighted by molar-refractivity contribution is 5.91. The zero-order chi connectivity index (χ0) is 22.4. The Morgan fingerprint density at radius 3 is 2.16 bits per heavy atom. The third kappa shape index (κ3) is 3.56. The maximum absolute atomic E-state index is 4.85. The number of nitrogens with zero attached hydrogens (tertiary/aromatic N) is 3. The van der Waals surface area contributed by atoms with Crippen LogP contribution in [-0.2, 0) is 7.05 Å². The molecule has 0 radical (unpaired) electrons. The molecule has 0 saturated heterocycles. The largest absolute Gasteiger partial charge is 0.293 e. The van der Waals surface area contributed by atoms with Gasteiger partial charge in [-0.25, -0.2) is 4.98 Å². The summed E-state index contributed by atoms with van der Waals surface area (Å²) >= 11 is 0. The van der Waals surface area contributed by atoms with Crippen LogP contribution in [0.2, 0.25) is 0 Å². The number of aryl methyl sites for hydroxylation is 3. The number of hydrogen-bond acceptors (Lipinski definition) is 1. The highest BCUT2D eigenvalue weighted by Crippen LogP contribution is 2.36. The van der Waals surface area contributed by atoms with Crippen LogP contribution in [0.25, 0.3) is 28.0 Å². The Kier molecular flexibility index (Phi) is 5.47. The fourth-order valence-electron chi connectivity index (χ4n) is 4.71. The van der Waals surface area contributed by atoms with Crippen molar-refractivity contribution in [3.05, 3.63) is 76.7 Å². The van der Waals surface area contributed by atoms with Gasteiger partial charge in [-0.2, -0.15) is 4.57 Å². The van der Waals surface area contributed by atoms with Crippen LogP contribution in [0.1, 0.15) is 67.3 Å². The van der Waals surface area contributed by atoms with Crippen molar-refractivity contribution in [2.45, 2.75) is 60.3 Å². The molecular weight excluding hydrogens is 378 g/mol. The molecule has 0 N–H and O–H groups in total. The van der Waals surface area contributed by atoms with Crippen molar-refractivity contribution in [2.75, 3.05) is 0 Å². The van der Waals surface area contributed by atoms with Crippen molar-refractivity contribution in [1.29, 1.82) is 0 Å². The van der Waals surface area contributed by atoms with Gasteiger partial charge in [-0.3, -0.25) is 4.57 Å². The number of aromatic nitrogens is 3. The Morgan fingerprint density at radius 2 is 1.55 bits per heavy atom. The predicted octanol–water partition coefficient (Wildman–Crippen LogP) is 6.69. The minimum atomic E-state index is 0.426. The van der Waals surface area contributed by atoms with Crippen LogP contribution in [0.5, 0.6) is 0 Å². The van der Waals surface area contributed by atoms with Crippen molar-refractivity contribution < 1.29 is 4.57 Å². The number of imidazole rings is 1. The first-order chi connectivity index (χ1) is 14.7. The van der Waals surface area contributed by atoms with Crippen molar-refractivity contribution in [3.8, 4) is 16.9 Å². The van der Waals surface area contributed by atoms with E-state index in [-0.39, 0.29) is 0 Å². The number of fused-ring (bicyclic) bond motifs is 1. The van der Waals surface area contributed by atoms with Gasteiger partial charge < -0.3 is 0 Å². The molecule has 31 heavy (non-hydrogen) atoms. The normalized spacial score (nSPS) is 11.8. The van der Waals surface area contributed by atoms with Crippen LogP contribution in [0.3, 0.4) is 0 Å². The molecule has 0 amide bonds. The second kappa shape index (κ2) is 7.96. The lowest BCUT2D eigenvalue weighted by molar-refractivity contribution is -0.659. The molecule has 0 fully saturated rings. The molecule has 4 rings (SSSR count). The summed E-state index contributed by atoms with van der Waals surface area (Å²) < 4.78 is 4.58. The SMILES string of the molecule is Cc1cc(C)c(C)c(-c2c3c(cc[n+]2C)ncn3-c2c(C(C)C)cccc2C(C)C)c1. The van der Waals surface area contributed by atoms with Crippen molar-refractivity contribution in [2.24, 2.45) is 7.05 Å². The molecule has 0 aliphatic rings. The van der Waals surface area contributed by atoms with E-state index in [1.54, 1.807) is 0 Å². The van der Waals surface area contributed by atoms with E-state index in [0.717, 1.165) is 5.52 Å². The third-order valence-corrected chi connectivity index (χ3v) is 6.48. The predicted molar refractivity (Wildman–Crippen MR) is 130 cm³/mol. The van der Waals surface area contributed by atoms with Crippen LogP contribution in [0, 0.1) is 20.8 Å². The Balaban J connectivity index is 2.16. The highest BCUT2D eigenvalue weighted by atomic mass is 15.1. The van der Waals surface area contributed by atoms with E-state index in [9.17, 15) is 0 Å². The van der Waals surface area contributed by atoms with Crippen LogP contribution >= 0.6 is 0 Å². The standard InChI is InChI=1S/C28H34N3/c1-17(2)22-10-9-11-23(18(3)4)26(22)31-16-29-25-12-13-30(8)27(28(25)31)24-15-19(5)14-20(6)21(24)7/h9-18H,1-8H3/q+1. The summed E-state index contributed by atoms with van der Waals surface area (Å²) in [5.74, 6) is 0.852. The topological polar surface area (TPSA) is 21.7 Å². The summed E-state index contributed by atoms with van der Waals surface area (Å²) in [6, 6.07) is 13.4. The molecular formula is C28H34N3+. The molecule has 3 heteroatoms. The zero-order valence-corrected chi connectivity index (χ0v) is 20.1. The maximum Gasteiger partial charge on any atom is 0.239 e. The van der Waals surface area contributed by atoms with Gasteiger partial charge in [0.1, 0.15) is 24.4 Å². The lowest BCUT2D eigenvalue weighted by Crippen LogP contribution is -2.31. The number of hydrogen-bond donors (Lipinski definition) is 0. The number of pyridine rings is 1. The Morgan fingerprint density at radius 1 is 0.903 bits per heavy atom. The van der Waals surface area contributed by atoms with Crippen molar-refractivity contribution >= 4 is 11.0 Å². The molecule has 0 saturated carbocycles. The van der Waals surface area contributed by atoms with E-state index in [1.165, 1.54) is 50.3 Å². The minimum absolute atomic E-state index is 0.426. The zero-order valence-electron chi connectivity index (χ0n) is 20.1. The summed E-state index contributed by atoms with van der Waals surface area (Å²) in [7, 11) is 2.14. The summed E-state index contributed by atoms with van der Waals surface area (Å²) in [5.41, 5.74) is 12.6. The van der Waals surface area contributed by atoms with Gasteiger partial charge in [0.25, 0.3) is 0 Å². The van der Waals surface area contributed by atoms with E-state index in [0.29, 0.717) is 11.8 Å². The van der Waals surface area contributed by atoms with Crippen LogP contribution < -0.4 is 4.57 Å². The van der Waals surface area contributed by atoms with Gasteiger partial charge in [0, 0.05) is 6.07 Å². The average molecular weight is 413 g/mol. The van der Waals surface area contributed by atoms with Gasteiger partial charge in [-0.1, -0.05) is 57.5 Å². The van der Waals surface area contributed by atoms with Gasteiger partial charge in [0.15, 0.2) is 6.20 Å². The summed E-state index contributed by atoms with van der Waals surface area (Å²) in [6.07, 6.45) is 4.14. The van der Waals surface area contributed by atoms with E-state index >= 15 is 0 Å². The van der Waals surface area contributed by atoms with E-state index < -0.39 is 0 Å². The Bertz CT molecular complexity index is 1250. The van der Waals surface area contributed by atoms with Gasteiger partial charge in [-0.05, 0) is 60.9 Å². The quantitative estimate of drug-likeness (QED) is 0.342. The first-order valence-electron chi connectivity index (χ1n) is 11.3. The lowest BCUT2D eigenvalue weighted by Gasteiger charge is -2.21. The first-order valence-corrected chi connectivity index (χ1v) is 11.3. The highest BCUT2D eigenvalue weighted by Gasteiger charge is 2.25. The van der Waals surface area contributed by atoms with E-state index in [1.807, 2.05) is 6.33 Å². The third-order valence-electron chi connectivity index (χ3n) is 6.48. The maximum atomic E-state index is 4.85. The molecule has 0 unspecified atom stereocenters. The lowest BCUT2D eigenvalue weighted by atomic mass is 9.92. The van der Waals surface area contributed by atoms with Gasteiger partial charge in [0.05, 0.1) is 11.3 Å². The molecule has 4 aromatic rings. The molecule has 0 aliphatic carbocycles. The van der Waals surface area contributed by atoms with Crippen LogP contribution in [-0.4, -0.2) is 9.55 Å². The van der Waals surface area contributed by atoms with E-state index in [4.69, 9.17) is 4.98 Å². The molecule has 2 heterocycles. The molecule has 160 valence electrons. The average Bonchev–Trinajstić information content (AvgIpc) is 3.14. The van der Waals surface area contributed by atoms with Gasteiger partial charge >= 0.3 is 0 Å². The molecule has 0 atom stereocenters. The fraction of sp³-hybridized carbons (Fsp3) is 0.357. The van der Waals surface area contributed by atoms with Crippen molar-refractivity contribution in [1.82, 2.24) is 9.55 Å². The second-order valence-electron chi connectivity index (χ2n) is 9.47. The van der Waals surface area contributed by atoms with Gasteiger partial charge in [-0.15, -0.1) is 0 Å². The van der Waals surface area contributed by atoms with E-state index in [2.05, 4.69) is 107 Å². The Hall–Kier alpha value is -2.94. The second-order valence-corrected chi connectivity index (χ2v) is 9.47. The molecule has 3 nitrogen and oxygen atoms in total. The van der Waals surface area contributed by atoms with Gasteiger partial charge in [0.2, 0.25) is 5.69 Å². The van der Waals surface area contributed by atoms with Crippen molar-refractivity contribution in [3.63, 3.8) is 0 Å². The first kappa shape index (κ1) is 21.3. The van der Waals surface area contributed by atoms with Crippen LogP contribution in [0.15, 0.2) is 48.9 Å². The minimum Gasteiger partial charge on any atom is -0.293 e. The summed E-state index contributed by atoms with van der Waals surface area (Å²) in [5, 5.41) is 0. The smallest absolute Gasteiger partial charge is 0.239 e. The molecule has 2 aromatic carbocycles. The number of benzene rings is 2. The molecule has 2 aromatic heterocycles. The molecule has 0 bridgehead atoms. The number of rotatable bonds is 4. The summed E-state index contributed by atoms with van der Waals surface area (Å²) in [4.78, 5) is 4.85. The Labute approximate surface area is 186 Å². The molecule has 0 spiro atoms. The monoisotopic (exact) mass is 412 g/mol. The summed E-state index contributed by atoms with van der Waals surface area (Å²) in [6.45, 7) is 15.7. The fourth-order valence-corrected chi connectivity index (χ4v) is 4.71.